The van der Waals surface area contributed by atoms with E-state index in [0.717, 1.165) is 15.7 Å². The number of nitrogens with zero attached hydrogens (tertiary/aromatic N) is 3. The number of nitrogens with one attached hydrogen (secondary N) is 1. The Balaban J connectivity index is 1.95. The number of carbonyl (C=O) groups is 1. The van der Waals surface area contributed by atoms with Crippen LogP contribution < -0.4 is 11.1 Å². The molecule has 0 radical (unpaired) electrons. The van der Waals surface area contributed by atoms with E-state index in [0.29, 0.717) is 11.0 Å². The summed E-state index contributed by atoms with van der Waals surface area (Å²) in [5.74, 6) is 0.184. The van der Waals surface area contributed by atoms with Gasteiger partial charge in [-0.05, 0) is 12.8 Å². The third kappa shape index (κ3) is 3.81. The quantitative estimate of drug-likeness (QED) is 0.882. The number of hydrogen-bond acceptors (Lipinski definition) is 7. The predicted octanol–water partition coefficient (Wildman–Crippen LogP) is 2.14. The third-order valence-corrected chi connectivity index (χ3v) is 4.44. The summed E-state index contributed by atoms with van der Waals surface area (Å²) in [4.78, 5) is 16.3. The van der Waals surface area contributed by atoms with Crippen LogP contribution in [0.4, 0.5) is 5.13 Å². The van der Waals surface area contributed by atoms with Crippen molar-refractivity contribution in [3.63, 3.8) is 0 Å². The highest BCUT2D eigenvalue weighted by atomic mass is 32.1. The minimum Gasteiger partial charge on any atom is -0.322 e. The number of thiazole rings is 1. The van der Waals surface area contributed by atoms with Gasteiger partial charge in [0.2, 0.25) is 11.0 Å². The highest BCUT2D eigenvalue weighted by Gasteiger charge is 2.16. The maximum Gasteiger partial charge on any atom is 0.232 e. The van der Waals surface area contributed by atoms with E-state index in [2.05, 4.69) is 34.3 Å². The van der Waals surface area contributed by atoms with Crippen molar-refractivity contribution < 1.29 is 4.79 Å². The van der Waals surface area contributed by atoms with E-state index in [1.54, 1.807) is 0 Å². The monoisotopic (exact) mass is 311 g/mol. The van der Waals surface area contributed by atoms with E-state index in [4.69, 9.17) is 5.73 Å². The van der Waals surface area contributed by atoms with Crippen LogP contribution in [0.1, 0.15) is 35.6 Å². The zero-order chi connectivity index (χ0) is 14.7. The first-order valence-corrected chi connectivity index (χ1v) is 7.95. The Labute approximate surface area is 125 Å². The van der Waals surface area contributed by atoms with Crippen LogP contribution in [0.3, 0.4) is 0 Å². The zero-order valence-electron chi connectivity index (χ0n) is 11.6. The molecule has 0 aliphatic heterocycles. The molecular weight excluding hydrogens is 294 g/mol. The Morgan fingerprint density at radius 2 is 2.20 bits per heavy atom. The zero-order valence-corrected chi connectivity index (χ0v) is 13.2. The topological polar surface area (TPSA) is 93.8 Å². The lowest BCUT2D eigenvalue weighted by atomic mass is 10.1. The van der Waals surface area contributed by atoms with Crippen LogP contribution in [0.15, 0.2) is 5.38 Å². The van der Waals surface area contributed by atoms with Crippen LogP contribution in [0.5, 0.6) is 0 Å². The number of nitrogens with two attached hydrogens (primary N) is 1. The molecule has 1 atom stereocenters. The predicted molar refractivity (Wildman–Crippen MR) is 80.9 cm³/mol. The van der Waals surface area contributed by atoms with Gasteiger partial charge < -0.3 is 11.1 Å². The highest BCUT2D eigenvalue weighted by molar-refractivity contribution is 7.15. The molecule has 0 aliphatic rings. The van der Waals surface area contributed by atoms with Gasteiger partial charge in [0.25, 0.3) is 0 Å². The van der Waals surface area contributed by atoms with Crippen LogP contribution in [-0.4, -0.2) is 21.1 Å². The summed E-state index contributed by atoms with van der Waals surface area (Å²) in [5, 5.41) is 14.5. The third-order valence-electron chi connectivity index (χ3n) is 2.69. The van der Waals surface area contributed by atoms with Crippen molar-refractivity contribution in [2.45, 2.75) is 33.2 Å². The van der Waals surface area contributed by atoms with Gasteiger partial charge in [0.05, 0.1) is 18.2 Å². The lowest BCUT2D eigenvalue weighted by molar-refractivity contribution is -0.115. The Hall–Kier alpha value is -1.38. The molecule has 6 nitrogen and oxygen atoms in total. The second kappa shape index (κ2) is 6.38. The van der Waals surface area contributed by atoms with Gasteiger partial charge in [-0.3, -0.25) is 4.79 Å². The summed E-state index contributed by atoms with van der Waals surface area (Å²) in [7, 11) is 0. The first-order chi connectivity index (χ1) is 9.45. The van der Waals surface area contributed by atoms with Gasteiger partial charge in [0.15, 0.2) is 0 Å². The van der Waals surface area contributed by atoms with Crippen LogP contribution in [-0.2, 0) is 11.2 Å². The molecule has 2 aromatic heterocycles. The fourth-order valence-electron chi connectivity index (χ4n) is 1.52. The van der Waals surface area contributed by atoms with Gasteiger partial charge in [-0.15, -0.1) is 21.5 Å². The number of anilines is 1. The maximum absolute atomic E-state index is 11.9. The Morgan fingerprint density at radius 1 is 1.45 bits per heavy atom. The summed E-state index contributed by atoms with van der Waals surface area (Å²) in [6.07, 6.45) is 0.222. The standard InChI is InChI=1S/C12H17N5OS2/c1-6(2)10(13)11-14-8(5-19-11)4-9(18)15-12-17-16-7(3)20-12/h5-6,10H,4,13H2,1-3H3,(H,15,17,18). The van der Waals surface area contributed by atoms with Gasteiger partial charge in [-0.1, -0.05) is 25.2 Å². The molecular formula is C12H17N5OS2. The van der Waals surface area contributed by atoms with Crippen LogP contribution in [0.2, 0.25) is 0 Å². The minimum absolute atomic E-state index is 0.0809. The molecule has 20 heavy (non-hydrogen) atoms. The van der Waals surface area contributed by atoms with Gasteiger partial charge >= 0.3 is 0 Å². The number of aromatic nitrogens is 3. The van der Waals surface area contributed by atoms with Crippen molar-refractivity contribution in [3.05, 3.63) is 21.1 Å². The number of aryl methyl sites for hydroxylation is 1. The lowest BCUT2D eigenvalue weighted by Gasteiger charge is -2.11. The van der Waals surface area contributed by atoms with Crippen molar-refractivity contribution >= 4 is 33.7 Å². The summed E-state index contributed by atoms with van der Waals surface area (Å²) < 4.78 is 0. The molecule has 0 saturated carbocycles. The Kier molecular flexibility index (Phi) is 4.79. The molecule has 2 heterocycles. The van der Waals surface area contributed by atoms with Gasteiger partial charge in [-0.2, -0.15) is 0 Å². The number of rotatable bonds is 5. The van der Waals surface area contributed by atoms with Crippen molar-refractivity contribution in [3.8, 4) is 0 Å². The van der Waals surface area contributed by atoms with E-state index >= 15 is 0 Å². The molecule has 0 bridgehead atoms. The summed E-state index contributed by atoms with van der Waals surface area (Å²) >= 11 is 2.85. The van der Waals surface area contributed by atoms with Crippen molar-refractivity contribution in [1.82, 2.24) is 15.2 Å². The first-order valence-electron chi connectivity index (χ1n) is 6.25. The molecule has 0 fully saturated rings. The molecule has 0 aromatic carbocycles. The van der Waals surface area contributed by atoms with Crippen LogP contribution in [0, 0.1) is 12.8 Å². The average molecular weight is 311 g/mol. The van der Waals surface area contributed by atoms with E-state index in [1.165, 1.54) is 22.7 Å². The van der Waals surface area contributed by atoms with Crippen molar-refractivity contribution in [2.24, 2.45) is 11.7 Å². The second-order valence-corrected chi connectivity index (χ2v) is 6.87. The SMILES string of the molecule is Cc1nnc(NC(=O)Cc2csc(C(N)C(C)C)n2)s1. The summed E-state index contributed by atoms with van der Waals surface area (Å²) in [5.41, 5.74) is 6.77. The van der Waals surface area contributed by atoms with Crippen molar-refractivity contribution in [1.29, 1.82) is 0 Å². The van der Waals surface area contributed by atoms with Crippen LogP contribution in [0.25, 0.3) is 0 Å². The van der Waals surface area contributed by atoms with Crippen LogP contribution >= 0.6 is 22.7 Å². The smallest absolute Gasteiger partial charge is 0.232 e. The normalized spacial score (nSPS) is 12.7. The minimum atomic E-state index is -0.142. The Bertz CT molecular complexity index is 592. The highest BCUT2D eigenvalue weighted by Crippen LogP contribution is 2.23. The molecule has 2 aromatic rings. The van der Waals surface area contributed by atoms with E-state index in [-0.39, 0.29) is 18.4 Å². The molecule has 3 N–H and O–H groups in total. The molecule has 1 unspecified atom stereocenters. The number of carbonyl (C=O) groups excluding carboxylic acids is 1. The summed E-state index contributed by atoms with van der Waals surface area (Å²) in [6, 6.07) is -0.0809. The fraction of sp³-hybridized carbons (Fsp3) is 0.500. The molecule has 0 spiro atoms. The molecule has 108 valence electrons. The summed E-state index contributed by atoms with van der Waals surface area (Å²) in [6.45, 7) is 5.94. The molecule has 2 rings (SSSR count). The average Bonchev–Trinajstić information content (AvgIpc) is 2.97. The van der Waals surface area contributed by atoms with Gasteiger partial charge in [-0.25, -0.2) is 4.98 Å². The number of amides is 1. The van der Waals surface area contributed by atoms with E-state index < -0.39 is 0 Å². The van der Waals surface area contributed by atoms with Crippen molar-refractivity contribution in [2.75, 3.05) is 5.32 Å². The lowest BCUT2D eigenvalue weighted by Crippen LogP contribution is -2.17. The van der Waals surface area contributed by atoms with E-state index in [9.17, 15) is 4.79 Å². The second-order valence-electron chi connectivity index (χ2n) is 4.80. The number of hydrogen-bond donors (Lipinski definition) is 2. The van der Waals surface area contributed by atoms with Gasteiger partial charge in [0, 0.05) is 5.38 Å². The first kappa shape index (κ1) is 15.0. The molecule has 0 aliphatic carbocycles. The maximum atomic E-state index is 11.9. The molecule has 0 saturated heterocycles. The molecule has 1 amide bonds. The Morgan fingerprint density at radius 3 is 2.80 bits per heavy atom. The molecule has 8 heteroatoms. The van der Waals surface area contributed by atoms with E-state index in [1.807, 2.05) is 12.3 Å². The fourth-order valence-corrected chi connectivity index (χ4v) is 3.12. The largest absolute Gasteiger partial charge is 0.322 e. The van der Waals surface area contributed by atoms with Gasteiger partial charge in [0.1, 0.15) is 10.0 Å².